The molecule has 2 aromatic rings. The van der Waals surface area contributed by atoms with E-state index in [1.807, 2.05) is 12.1 Å². The van der Waals surface area contributed by atoms with Crippen LogP contribution in [0.4, 0.5) is 5.13 Å². The van der Waals surface area contributed by atoms with E-state index >= 15 is 0 Å². The SMILES string of the molecule is COCc1nsc(NCCc2ccco2)n1. The number of aromatic nitrogens is 2. The van der Waals surface area contributed by atoms with Crippen LogP contribution in [0.5, 0.6) is 0 Å². The lowest BCUT2D eigenvalue weighted by Crippen LogP contribution is -2.04. The number of rotatable bonds is 6. The minimum absolute atomic E-state index is 0.455. The lowest BCUT2D eigenvalue weighted by atomic mass is 10.3. The van der Waals surface area contributed by atoms with E-state index < -0.39 is 0 Å². The summed E-state index contributed by atoms with van der Waals surface area (Å²) in [6.07, 6.45) is 2.52. The van der Waals surface area contributed by atoms with Gasteiger partial charge in [0.25, 0.3) is 0 Å². The number of nitrogens with one attached hydrogen (secondary N) is 1. The van der Waals surface area contributed by atoms with Crippen LogP contribution in [0.2, 0.25) is 0 Å². The third-order valence-electron chi connectivity index (χ3n) is 1.97. The van der Waals surface area contributed by atoms with Gasteiger partial charge in [0.2, 0.25) is 5.13 Å². The lowest BCUT2D eigenvalue weighted by Gasteiger charge is -1.98. The van der Waals surface area contributed by atoms with Crippen LogP contribution in [-0.2, 0) is 17.8 Å². The molecule has 0 saturated carbocycles. The molecule has 0 aliphatic rings. The van der Waals surface area contributed by atoms with Gasteiger partial charge in [-0.25, -0.2) is 4.98 Å². The van der Waals surface area contributed by atoms with Crippen molar-refractivity contribution in [3.8, 4) is 0 Å². The van der Waals surface area contributed by atoms with Gasteiger partial charge >= 0.3 is 0 Å². The number of hydrogen-bond donors (Lipinski definition) is 1. The summed E-state index contributed by atoms with van der Waals surface area (Å²) in [5.41, 5.74) is 0. The maximum atomic E-state index is 5.22. The van der Waals surface area contributed by atoms with Gasteiger partial charge in [0.05, 0.1) is 6.26 Å². The lowest BCUT2D eigenvalue weighted by molar-refractivity contribution is 0.179. The number of methoxy groups -OCH3 is 1. The summed E-state index contributed by atoms with van der Waals surface area (Å²) in [6, 6.07) is 3.84. The minimum atomic E-state index is 0.455. The second-order valence-corrected chi connectivity index (χ2v) is 3.96. The van der Waals surface area contributed by atoms with Crippen molar-refractivity contribution in [1.29, 1.82) is 0 Å². The van der Waals surface area contributed by atoms with Crippen molar-refractivity contribution in [2.45, 2.75) is 13.0 Å². The van der Waals surface area contributed by atoms with Crippen molar-refractivity contribution in [2.24, 2.45) is 0 Å². The minimum Gasteiger partial charge on any atom is -0.469 e. The van der Waals surface area contributed by atoms with Crippen LogP contribution >= 0.6 is 11.5 Å². The number of hydrogen-bond acceptors (Lipinski definition) is 6. The molecule has 2 heterocycles. The molecular formula is C10H13N3O2S. The zero-order valence-corrected chi connectivity index (χ0v) is 9.79. The van der Waals surface area contributed by atoms with Gasteiger partial charge in [-0.05, 0) is 12.1 Å². The van der Waals surface area contributed by atoms with Gasteiger partial charge in [-0.15, -0.1) is 0 Å². The van der Waals surface area contributed by atoms with Crippen LogP contribution < -0.4 is 5.32 Å². The molecule has 2 aromatic heterocycles. The molecule has 2 rings (SSSR count). The van der Waals surface area contributed by atoms with Gasteiger partial charge < -0.3 is 14.5 Å². The zero-order valence-electron chi connectivity index (χ0n) is 8.97. The molecule has 16 heavy (non-hydrogen) atoms. The Morgan fingerprint density at radius 2 is 2.50 bits per heavy atom. The smallest absolute Gasteiger partial charge is 0.202 e. The van der Waals surface area contributed by atoms with Crippen molar-refractivity contribution in [3.63, 3.8) is 0 Å². The van der Waals surface area contributed by atoms with Gasteiger partial charge in [-0.3, -0.25) is 0 Å². The monoisotopic (exact) mass is 239 g/mol. The third kappa shape index (κ3) is 3.04. The highest BCUT2D eigenvalue weighted by molar-refractivity contribution is 7.09. The van der Waals surface area contributed by atoms with Gasteiger partial charge in [0.15, 0.2) is 5.82 Å². The molecule has 6 heteroatoms. The summed E-state index contributed by atoms with van der Waals surface area (Å²) in [5, 5.41) is 4.01. The van der Waals surface area contributed by atoms with Gasteiger partial charge in [-0.2, -0.15) is 4.37 Å². The molecule has 86 valence electrons. The first-order valence-corrected chi connectivity index (χ1v) is 5.73. The molecule has 5 nitrogen and oxygen atoms in total. The standard InChI is InChI=1S/C10H13N3O2S/c1-14-7-9-12-10(16-13-9)11-5-4-8-3-2-6-15-8/h2-3,6H,4-5,7H2,1H3,(H,11,12,13). The van der Waals surface area contributed by atoms with Crippen molar-refractivity contribution < 1.29 is 9.15 Å². The second-order valence-electron chi connectivity index (χ2n) is 3.20. The number of anilines is 1. The molecule has 1 N–H and O–H groups in total. The van der Waals surface area contributed by atoms with Crippen molar-refractivity contribution in [1.82, 2.24) is 9.36 Å². The summed E-state index contributed by atoms with van der Waals surface area (Å²) < 4.78 is 14.3. The van der Waals surface area contributed by atoms with E-state index in [-0.39, 0.29) is 0 Å². The Bertz CT molecular complexity index is 413. The van der Waals surface area contributed by atoms with E-state index in [9.17, 15) is 0 Å². The highest BCUT2D eigenvalue weighted by Crippen LogP contribution is 2.11. The predicted molar refractivity (Wildman–Crippen MR) is 61.5 cm³/mol. The van der Waals surface area contributed by atoms with Crippen molar-refractivity contribution >= 4 is 16.7 Å². The molecule has 0 atom stereocenters. The Balaban J connectivity index is 1.76. The molecule has 0 amide bonds. The second kappa shape index (κ2) is 5.62. The van der Waals surface area contributed by atoms with Crippen LogP contribution in [0, 0.1) is 0 Å². The van der Waals surface area contributed by atoms with Gasteiger partial charge in [0.1, 0.15) is 12.4 Å². The van der Waals surface area contributed by atoms with E-state index in [0.29, 0.717) is 12.4 Å². The Morgan fingerprint density at radius 3 is 3.25 bits per heavy atom. The largest absolute Gasteiger partial charge is 0.469 e. The average molecular weight is 239 g/mol. The zero-order chi connectivity index (χ0) is 11.2. The summed E-state index contributed by atoms with van der Waals surface area (Å²) in [4.78, 5) is 4.26. The molecule has 0 aliphatic carbocycles. The summed E-state index contributed by atoms with van der Waals surface area (Å²) in [5.74, 6) is 1.68. The van der Waals surface area contributed by atoms with E-state index in [2.05, 4.69) is 14.7 Å². The molecule has 0 aromatic carbocycles. The maximum Gasteiger partial charge on any atom is 0.202 e. The fourth-order valence-electron chi connectivity index (χ4n) is 1.26. The normalized spacial score (nSPS) is 10.6. The summed E-state index contributed by atoms with van der Waals surface area (Å²) in [7, 11) is 1.63. The van der Waals surface area contributed by atoms with Crippen LogP contribution in [-0.4, -0.2) is 23.0 Å². The van der Waals surface area contributed by atoms with Gasteiger partial charge in [0, 0.05) is 31.6 Å². The Hall–Kier alpha value is -1.40. The fraction of sp³-hybridized carbons (Fsp3) is 0.400. The molecule has 0 spiro atoms. The highest BCUT2D eigenvalue weighted by atomic mass is 32.1. The van der Waals surface area contributed by atoms with Crippen molar-refractivity contribution in [3.05, 3.63) is 30.0 Å². The first-order valence-electron chi connectivity index (χ1n) is 4.96. The molecule has 0 saturated heterocycles. The number of nitrogens with zero attached hydrogens (tertiary/aromatic N) is 2. The highest BCUT2D eigenvalue weighted by Gasteiger charge is 2.03. The molecule has 0 fully saturated rings. The van der Waals surface area contributed by atoms with E-state index in [1.54, 1.807) is 13.4 Å². The summed E-state index contributed by atoms with van der Waals surface area (Å²) in [6.45, 7) is 1.24. The Morgan fingerprint density at radius 1 is 1.56 bits per heavy atom. The maximum absolute atomic E-state index is 5.22. The van der Waals surface area contributed by atoms with E-state index in [1.165, 1.54) is 11.5 Å². The topological polar surface area (TPSA) is 60.2 Å². The van der Waals surface area contributed by atoms with Crippen molar-refractivity contribution in [2.75, 3.05) is 19.0 Å². The third-order valence-corrected chi connectivity index (χ3v) is 2.68. The Labute approximate surface area is 97.6 Å². The fourth-order valence-corrected chi connectivity index (χ4v) is 1.86. The molecule has 0 bridgehead atoms. The molecule has 0 unspecified atom stereocenters. The number of furan rings is 1. The van der Waals surface area contributed by atoms with E-state index in [4.69, 9.17) is 9.15 Å². The molecule has 0 radical (unpaired) electrons. The predicted octanol–water partition coefficient (Wildman–Crippen LogP) is 1.93. The van der Waals surface area contributed by atoms with E-state index in [0.717, 1.165) is 23.9 Å². The molecule has 0 aliphatic heterocycles. The first-order chi connectivity index (χ1) is 7.88. The van der Waals surface area contributed by atoms with Crippen LogP contribution in [0.3, 0.4) is 0 Å². The van der Waals surface area contributed by atoms with Crippen LogP contribution in [0.25, 0.3) is 0 Å². The summed E-state index contributed by atoms with van der Waals surface area (Å²) >= 11 is 1.34. The van der Waals surface area contributed by atoms with Crippen LogP contribution in [0.1, 0.15) is 11.6 Å². The average Bonchev–Trinajstić information content (AvgIpc) is 2.90. The Kier molecular flexibility index (Phi) is 3.90. The quantitative estimate of drug-likeness (QED) is 0.834. The number of ether oxygens (including phenoxy) is 1. The molecular weight excluding hydrogens is 226 g/mol. The first kappa shape index (κ1) is 11.1. The van der Waals surface area contributed by atoms with Gasteiger partial charge in [-0.1, -0.05) is 0 Å². The van der Waals surface area contributed by atoms with Crippen LogP contribution in [0.15, 0.2) is 22.8 Å².